The van der Waals surface area contributed by atoms with Gasteiger partial charge in [0.15, 0.2) is 5.82 Å². The Labute approximate surface area is 116 Å². The number of fused-ring (bicyclic) bond motifs is 1. The number of aromatic amines is 1. The molecule has 20 heavy (non-hydrogen) atoms. The number of hydrogen-bond donors (Lipinski definition) is 2. The summed E-state index contributed by atoms with van der Waals surface area (Å²) in [6, 6.07) is 8.03. The molecular formula is C14H17N5O. The van der Waals surface area contributed by atoms with E-state index in [1.807, 2.05) is 31.3 Å². The lowest BCUT2D eigenvalue weighted by atomic mass is 10.2. The molecule has 0 saturated carbocycles. The van der Waals surface area contributed by atoms with Gasteiger partial charge in [-0.15, -0.1) is 0 Å². The molecule has 0 bridgehead atoms. The van der Waals surface area contributed by atoms with Gasteiger partial charge in [-0.2, -0.15) is 4.98 Å². The Morgan fingerprint density at radius 3 is 2.90 bits per heavy atom. The van der Waals surface area contributed by atoms with E-state index in [-0.39, 0.29) is 6.04 Å². The van der Waals surface area contributed by atoms with Gasteiger partial charge in [-0.25, -0.2) is 4.98 Å². The molecule has 1 aromatic carbocycles. The first-order chi connectivity index (χ1) is 9.80. The summed E-state index contributed by atoms with van der Waals surface area (Å²) in [6.07, 6.45) is 1.45. The molecule has 2 N–H and O–H groups in total. The Kier molecular flexibility index (Phi) is 3.47. The van der Waals surface area contributed by atoms with E-state index in [2.05, 4.69) is 32.3 Å². The van der Waals surface area contributed by atoms with Crippen molar-refractivity contribution in [3.63, 3.8) is 0 Å². The molecule has 0 aliphatic carbocycles. The maximum absolute atomic E-state index is 5.29. The van der Waals surface area contributed by atoms with E-state index in [1.54, 1.807) is 0 Å². The smallest absolute Gasteiger partial charge is 0.243 e. The highest BCUT2D eigenvalue weighted by Gasteiger charge is 2.16. The van der Waals surface area contributed by atoms with E-state index in [0.29, 0.717) is 18.1 Å². The monoisotopic (exact) mass is 271 g/mol. The molecule has 2 aromatic heterocycles. The van der Waals surface area contributed by atoms with Crippen molar-refractivity contribution in [1.29, 1.82) is 0 Å². The van der Waals surface area contributed by atoms with Gasteiger partial charge in [-0.05, 0) is 25.6 Å². The third kappa shape index (κ3) is 2.42. The topological polar surface area (TPSA) is 79.6 Å². The number of H-pyrrole nitrogens is 1. The third-order valence-electron chi connectivity index (χ3n) is 3.30. The van der Waals surface area contributed by atoms with Crippen LogP contribution in [0.15, 0.2) is 28.8 Å². The number of imidazole rings is 1. The highest BCUT2D eigenvalue weighted by Crippen LogP contribution is 2.16. The fraction of sp³-hybridized carbons (Fsp3) is 0.357. The maximum atomic E-state index is 5.29. The average Bonchev–Trinajstić information content (AvgIpc) is 3.07. The molecule has 3 rings (SSSR count). The molecule has 1 unspecified atom stereocenters. The van der Waals surface area contributed by atoms with Crippen LogP contribution in [0, 0.1) is 0 Å². The molecule has 0 radical (unpaired) electrons. The molecule has 0 amide bonds. The predicted molar refractivity (Wildman–Crippen MR) is 75.3 cm³/mol. The van der Waals surface area contributed by atoms with Crippen LogP contribution in [0.25, 0.3) is 11.0 Å². The second-order valence-corrected chi connectivity index (χ2v) is 4.68. The summed E-state index contributed by atoms with van der Waals surface area (Å²) in [5.41, 5.74) is 1.97. The van der Waals surface area contributed by atoms with E-state index in [9.17, 15) is 0 Å². The molecule has 2 heterocycles. The zero-order valence-corrected chi connectivity index (χ0v) is 11.6. The van der Waals surface area contributed by atoms with Gasteiger partial charge in [-0.3, -0.25) is 0 Å². The van der Waals surface area contributed by atoms with Gasteiger partial charge in [0.1, 0.15) is 5.82 Å². The van der Waals surface area contributed by atoms with Gasteiger partial charge in [0.05, 0.1) is 23.5 Å². The van der Waals surface area contributed by atoms with E-state index in [1.165, 1.54) is 0 Å². The normalized spacial score (nSPS) is 12.9. The molecule has 0 spiro atoms. The first-order valence-electron chi connectivity index (χ1n) is 6.73. The second-order valence-electron chi connectivity index (χ2n) is 4.68. The number of rotatable bonds is 5. The number of nitrogens with zero attached hydrogens (tertiary/aromatic N) is 3. The van der Waals surface area contributed by atoms with Gasteiger partial charge in [-0.1, -0.05) is 24.2 Å². The molecule has 0 aliphatic rings. The standard InChI is InChI=1S/C14H17N5O/c1-3-9(15-2)14-18-13(19-20-14)8-12-16-10-6-4-5-7-11(10)17-12/h4-7,9,15H,3,8H2,1-2H3,(H,16,17). The fourth-order valence-electron chi connectivity index (χ4n) is 2.22. The van der Waals surface area contributed by atoms with E-state index >= 15 is 0 Å². The molecule has 1 atom stereocenters. The van der Waals surface area contributed by atoms with Crippen LogP contribution < -0.4 is 5.32 Å². The quantitative estimate of drug-likeness (QED) is 0.743. The number of benzene rings is 1. The molecule has 0 saturated heterocycles. The van der Waals surface area contributed by atoms with Crippen LogP contribution in [0.2, 0.25) is 0 Å². The minimum atomic E-state index is 0.104. The Bertz CT molecular complexity index is 665. The second kappa shape index (κ2) is 5.42. The number of para-hydroxylation sites is 2. The fourth-order valence-corrected chi connectivity index (χ4v) is 2.22. The van der Waals surface area contributed by atoms with Crippen molar-refractivity contribution < 1.29 is 4.52 Å². The van der Waals surface area contributed by atoms with E-state index in [0.717, 1.165) is 23.3 Å². The van der Waals surface area contributed by atoms with Crippen molar-refractivity contribution in [3.05, 3.63) is 41.8 Å². The lowest BCUT2D eigenvalue weighted by Crippen LogP contribution is -2.15. The molecule has 104 valence electrons. The third-order valence-corrected chi connectivity index (χ3v) is 3.30. The minimum absolute atomic E-state index is 0.104. The van der Waals surface area contributed by atoms with Crippen LogP contribution >= 0.6 is 0 Å². The average molecular weight is 271 g/mol. The first-order valence-corrected chi connectivity index (χ1v) is 6.73. The van der Waals surface area contributed by atoms with Crippen LogP contribution in [0.3, 0.4) is 0 Å². The highest BCUT2D eigenvalue weighted by atomic mass is 16.5. The van der Waals surface area contributed by atoms with Crippen molar-refractivity contribution >= 4 is 11.0 Å². The number of aromatic nitrogens is 4. The van der Waals surface area contributed by atoms with Crippen LogP contribution in [0.5, 0.6) is 0 Å². The van der Waals surface area contributed by atoms with Crippen LogP contribution in [-0.2, 0) is 6.42 Å². The summed E-state index contributed by atoms with van der Waals surface area (Å²) >= 11 is 0. The van der Waals surface area contributed by atoms with Gasteiger partial charge in [0.25, 0.3) is 0 Å². The number of nitrogens with one attached hydrogen (secondary N) is 2. The lowest BCUT2D eigenvalue weighted by molar-refractivity contribution is 0.331. The highest BCUT2D eigenvalue weighted by molar-refractivity contribution is 5.74. The number of hydrogen-bond acceptors (Lipinski definition) is 5. The van der Waals surface area contributed by atoms with Crippen molar-refractivity contribution in [3.8, 4) is 0 Å². The molecular weight excluding hydrogens is 254 g/mol. The Balaban J connectivity index is 1.80. The van der Waals surface area contributed by atoms with Crippen LogP contribution in [0.1, 0.15) is 36.9 Å². The van der Waals surface area contributed by atoms with Gasteiger partial charge >= 0.3 is 0 Å². The minimum Gasteiger partial charge on any atom is -0.342 e. The van der Waals surface area contributed by atoms with E-state index in [4.69, 9.17) is 4.52 Å². The summed E-state index contributed by atoms with van der Waals surface area (Å²) in [5, 5.41) is 7.16. The molecule has 0 fully saturated rings. The maximum Gasteiger partial charge on any atom is 0.243 e. The SMILES string of the molecule is CCC(NC)c1nc(Cc2nc3ccccc3[nH]2)no1. The summed E-state index contributed by atoms with van der Waals surface area (Å²) in [7, 11) is 1.89. The molecule has 0 aliphatic heterocycles. The van der Waals surface area contributed by atoms with Gasteiger partial charge < -0.3 is 14.8 Å². The zero-order valence-electron chi connectivity index (χ0n) is 11.6. The largest absolute Gasteiger partial charge is 0.342 e. The zero-order chi connectivity index (χ0) is 13.9. The summed E-state index contributed by atoms with van der Waals surface area (Å²) < 4.78 is 5.29. The van der Waals surface area contributed by atoms with Crippen LogP contribution in [0.4, 0.5) is 0 Å². The van der Waals surface area contributed by atoms with E-state index < -0.39 is 0 Å². The molecule has 6 nitrogen and oxygen atoms in total. The Hall–Kier alpha value is -2.21. The van der Waals surface area contributed by atoms with Crippen molar-refractivity contribution in [2.75, 3.05) is 7.05 Å². The van der Waals surface area contributed by atoms with Gasteiger partial charge in [0.2, 0.25) is 5.89 Å². The van der Waals surface area contributed by atoms with Gasteiger partial charge in [0, 0.05) is 0 Å². The Morgan fingerprint density at radius 1 is 1.30 bits per heavy atom. The van der Waals surface area contributed by atoms with Crippen molar-refractivity contribution in [1.82, 2.24) is 25.4 Å². The van der Waals surface area contributed by atoms with Crippen molar-refractivity contribution in [2.45, 2.75) is 25.8 Å². The Morgan fingerprint density at radius 2 is 2.15 bits per heavy atom. The summed E-state index contributed by atoms with van der Waals surface area (Å²) in [5.74, 6) is 2.12. The first kappa shape index (κ1) is 12.8. The summed E-state index contributed by atoms with van der Waals surface area (Å²) in [6.45, 7) is 2.07. The van der Waals surface area contributed by atoms with Crippen molar-refractivity contribution in [2.24, 2.45) is 0 Å². The predicted octanol–water partition coefficient (Wildman–Crippen LogP) is 2.21. The summed E-state index contributed by atoms with van der Waals surface area (Å²) in [4.78, 5) is 12.2. The lowest BCUT2D eigenvalue weighted by Gasteiger charge is -2.06. The molecule has 3 aromatic rings. The molecule has 6 heteroatoms. The van der Waals surface area contributed by atoms with Crippen LogP contribution in [-0.4, -0.2) is 27.2 Å².